The number of hydrogen-bond donors (Lipinski definition) is 2. The van der Waals surface area contributed by atoms with Gasteiger partial charge in [0, 0.05) is 50.0 Å². The molecule has 0 atom stereocenters. The largest absolute Gasteiger partial charge is 0.495 e. The molecule has 0 amide bonds. The van der Waals surface area contributed by atoms with E-state index < -0.39 is 5.69 Å². The molecule has 0 spiro atoms. The number of hydrogen-bond acceptors (Lipinski definition) is 5. The minimum absolute atomic E-state index is 0.320. The molecular weight excluding hydrogens is 454 g/mol. The van der Waals surface area contributed by atoms with Crippen LogP contribution < -0.4 is 20.9 Å². The highest BCUT2D eigenvalue weighted by Crippen LogP contribution is 2.28. The number of nitrogens with one attached hydrogen (secondary N) is 2. The first-order valence-electron chi connectivity index (χ1n) is 11.3. The molecule has 1 saturated heterocycles. The Morgan fingerprint density at radius 3 is 2.50 bits per heavy atom. The van der Waals surface area contributed by atoms with Crippen LogP contribution in [0, 0.1) is 0 Å². The van der Waals surface area contributed by atoms with Gasteiger partial charge in [-0.05, 0) is 35.9 Å². The fraction of sp³-hybridized carbons (Fsp3) is 0.280. The van der Waals surface area contributed by atoms with Gasteiger partial charge >= 0.3 is 5.69 Å². The predicted octanol–water partition coefficient (Wildman–Crippen LogP) is 3.17. The van der Waals surface area contributed by atoms with Crippen LogP contribution in [0.1, 0.15) is 0 Å². The van der Waals surface area contributed by atoms with Crippen LogP contribution in [0.5, 0.6) is 5.75 Å². The number of halogens is 1. The van der Waals surface area contributed by atoms with E-state index in [0.29, 0.717) is 29.1 Å². The molecule has 34 heavy (non-hydrogen) atoms. The third kappa shape index (κ3) is 4.34. The van der Waals surface area contributed by atoms with Crippen molar-refractivity contribution in [2.45, 2.75) is 6.54 Å². The van der Waals surface area contributed by atoms with Crippen molar-refractivity contribution < 1.29 is 4.74 Å². The SMILES string of the molecule is COc1ccccc1N1CCN(CCn2c(=O)[nH]c3cc(-c4cccc(Cl)c4)[nH]c3c2=O)CC1. The number of anilines is 1. The molecule has 0 bridgehead atoms. The van der Waals surface area contributed by atoms with Crippen LogP contribution >= 0.6 is 11.6 Å². The lowest BCUT2D eigenvalue weighted by Crippen LogP contribution is -2.48. The molecule has 2 aromatic carbocycles. The Bertz CT molecular complexity index is 1430. The highest BCUT2D eigenvalue weighted by Gasteiger charge is 2.20. The number of ether oxygens (including phenoxy) is 1. The first-order chi connectivity index (χ1) is 16.5. The second-order valence-corrected chi connectivity index (χ2v) is 8.81. The van der Waals surface area contributed by atoms with E-state index in [1.54, 1.807) is 19.2 Å². The molecule has 4 aromatic rings. The number of rotatable bonds is 6. The van der Waals surface area contributed by atoms with E-state index in [-0.39, 0.29) is 5.56 Å². The molecular formula is C25H26ClN5O3. The summed E-state index contributed by atoms with van der Waals surface area (Å²) < 4.78 is 6.76. The summed E-state index contributed by atoms with van der Waals surface area (Å²) in [6.07, 6.45) is 0. The van der Waals surface area contributed by atoms with E-state index in [1.807, 2.05) is 36.4 Å². The minimum Gasteiger partial charge on any atom is -0.495 e. The summed E-state index contributed by atoms with van der Waals surface area (Å²) in [6.45, 7) is 4.33. The molecule has 1 fully saturated rings. The summed E-state index contributed by atoms with van der Waals surface area (Å²) >= 11 is 6.10. The van der Waals surface area contributed by atoms with Gasteiger partial charge in [0.25, 0.3) is 5.56 Å². The standard InChI is InChI=1S/C25H26ClN5O3/c1-34-22-8-3-2-7-21(22)30-12-9-29(10-13-30)11-14-31-24(32)23-20(28-25(31)33)16-19(27-23)17-5-4-6-18(26)15-17/h2-8,15-16,27H,9-14H2,1H3,(H,28,33). The van der Waals surface area contributed by atoms with Gasteiger partial charge in [0.15, 0.2) is 0 Å². The summed E-state index contributed by atoms with van der Waals surface area (Å²) in [5.74, 6) is 0.866. The number of aromatic nitrogens is 3. The number of para-hydroxylation sites is 2. The first kappa shape index (κ1) is 22.3. The lowest BCUT2D eigenvalue weighted by Gasteiger charge is -2.36. The van der Waals surface area contributed by atoms with Gasteiger partial charge in [0.05, 0.1) is 18.3 Å². The summed E-state index contributed by atoms with van der Waals surface area (Å²) in [4.78, 5) is 36.3. The second kappa shape index (κ2) is 9.40. The van der Waals surface area contributed by atoms with E-state index in [1.165, 1.54) is 4.57 Å². The topological polar surface area (TPSA) is 86.4 Å². The number of methoxy groups -OCH3 is 1. The maximum atomic E-state index is 13.1. The van der Waals surface area contributed by atoms with E-state index in [4.69, 9.17) is 16.3 Å². The summed E-state index contributed by atoms with van der Waals surface area (Å²) in [5.41, 5.74) is 2.83. The van der Waals surface area contributed by atoms with E-state index in [2.05, 4.69) is 25.8 Å². The molecule has 1 aliphatic heterocycles. The third-order valence-electron chi connectivity index (χ3n) is 6.34. The zero-order chi connectivity index (χ0) is 23.7. The fourth-order valence-corrected chi connectivity index (χ4v) is 4.68. The molecule has 3 heterocycles. The highest BCUT2D eigenvalue weighted by molar-refractivity contribution is 6.30. The number of piperazine rings is 1. The number of H-pyrrole nitrogens is 2. The van der Waals surface area contributed by atoms with Crippen LogP contribution in [-0.2, 0) is 6.54 Å². The predicted molar refractivity (Wildman–Crippen MR) is 135 cm³/mol. The molecule has 176 valence electrons. The van der Waals surface area contributed by atoms with Crippen molar-refractivity contribution in [1.29, 1.82) is 0 Å². The van der Waals surface area contributed by atoms with Gasteiger partial charge < -0.3 is 19.6 Å². The Hall–Kier alpha value is -3.49. The van der Waals surface area contributed by atoms with Crippen molar-refractivity contribution in [1.82, 2.24) is 19.4 Å². The maximum absolute atomic E-state index is 13.1. The smallest absolute Gasteiger partial charge is 0.328 e. The van der Waals surface area contributed by atoms with Crippen molar-refractivity contribution in [3.05, 3.63) is 80.5 Å². The van der Waals surface area contributed by atoms with Crippen molar-refractivity contribution in [2.24, 2.45) is 0 Å². The molecule has 1 aliphatic rings. The van der Waals surface area contributed by atoms with Crippen LogP contribution in [0.4, 0.5) is 5.69 Å². The Kier molecular flexibility index (Phi) is 6.17. The maximum Gasteiger partial charge on any atom is 0.328 e. The molecule has 2 aromatic heterocycles. The quantitative estimate of drug-likeness (QED) is 0.443. The van der Waals surface area contributed by atoms with Crippen molar-refractivity contribution in [3.63, 3.8) is 0 Å². The molecule has 0 radical (unpaired) electrons. The van der Waals surface area contributed by atoms with Crippen LogP contribution in [0.3, 0.4) is 0 Å². The monoisotopic (exact) mass is 479 g/mol. The Labute approximate surface area is 201 Å². The molecule has 9 heteroatoms. The number of fused-ring (bicyclic) bond motifs is 1. The van der Waals surface area contributed by atoms with Crippen molar-refractivity contribution in [3.8, 4) is 17.0 Å². The van der Waals surface area contributed by atoms with Crippen LogP contribution in [0.25, 0.3) is 22.3 Å². The average molecular weight is 480 g/mol. The number of aromatic amines is 2. The van der Waals surface area contributed by atoms with Gasteiger partial charge in [0.2, 0.25) is 0 Å². The van der Waals surface area contributed by atoms with E-state index >= 15 is 0 Å². The lowest BCUT2D eigenvalue weighted by molar-refractivity contribution is 0.245. The normalized spacial score (nSPS) is 14.6. The van der Waals surface area contributed by atoms with Crippen molar-refractivity contribution in [2.75, 3.05) is 44.7 Å². The van der Waals surface area contributed by atoms with Gasteiger partial charge in [-0.25, -0.2) is 4.79 Å². The van der Waals surface area contributed by atoms with Crippen LogP contribution in [0.2, 0.25) is 5.02 Å². The Morgan fingerprint density at radius 1 is 0.941 bits per heavy atom. The molecule has 8 nitrogen and oxygen atoms in total. The van der Waals surface area contributed by atoms with Gasteiger partial charge in [-0.3, -0.25) is 14.3 Å². The van der Waals surface area contributed by atoms with Crippen LogP contribution in [-0.4, -0.2) is 59.3 Å². The third-order valence-corrected chi connectivity index (χ3v) is 6.57. The molecule has 5 rings (SSSR count). The lowest BCUT2D eigenvalue weighted by atomic mass is 10.1. The van der Waals surface area contributed by atoms with E-state index in [9.17, 15) is 9.59 Å². The second-order valence-electron chi connectivity index (χ2n) is 8.37. The van der Waals surface area contributed by atoms with Crippen molar-refractivity contribution >= 4 is 28.3 Å². The zero-order valence-corrected chi connectivity index (χ0v) is 19.6. The molecule has 0 aliphatic carbocycles. The van der Waals surface area contributed by atoms with Gasteiger partial charge in [-0.15, -0.1) is 0 Å². The molecule has 0 saturated carbocycles. The Balaban J connectivity index is 1.29. The van der Waals surface area contributed by atoms with Crippen LogP contribution in [0.15, 0.2) is 64.2 Å². The van der Waals surface area contributed by atoms with Gasteiger partial charge in [0.1, 0.15) is 11.3 Å². The van der Waals surface area contributed by atoms with E-state index in [0.717, 1.165) is 48.9 Å². The fourth-order valence-electron chi connectivity index (χ4n) is 4.49. The first-order valence-corrected chi connectivity index (χ1v) is 11.6. The molecule has 2 N–H and O–H groups in total. The zero-order valence-electron chi connectivity index (χ0n) is 18.9. The number of benzene rings is 2. The summed E-state index contributed by atoms with van der Waals surface area (Å²) in [6, 6.07) is 17.1. The Morgan fingerprint density at radius 2 is 1.74 bits per heavy atom. The van der Waals surface area contributed by atoms with Gasteiger partial charge in [-0.2, -0.15) is 0 Å². The number of nitrogens with zero attached hydrogens (tertiary/aromatic N) is 3. The van der Waals surface area contributed by atoms with Gasteiger partial charge in [-0.1, -0.05) is 35.9 Å². The summed E-state index contributed by atoms with van der Waals surface area (Å²) in [7, 11) is 1.68. The summed E-state index contributed by atoms with van der Waals surface area (Å²) in [5, 5.41) is 0.605. The minimum atomic E-state index is -0.401. The highest BCUT2D eigenvalue weighted by atomic mass is 35.5. The molecule has 0 unspecified atom stereocenters. The average Bonchev–Trinajstić information content (AvgIpc) is 3.28.